The van der Waals surface area contributed by atoms with Gasteiger partial charge in [0, 0.05) is 31.3 Å². The molecule has 11 heteroatoms. The van der Waals surface area contributed by atoms with Crippen molar-refractivity contribution in [3.05, 3.63) is 141 Å². The summed E-state index contributed by atoms with van der Waals surface area (Å²) in [6.07, 6.45) is -0.447. The van der Waals surface area contributed by atoms with E-state index in [1.54, 1.807) is 33.3 Å². The van der Waals surface area contributed by atoms with E-state index in [-0.39, 0.29) is 12.0 Å². The van der Waals surface area contributed by atoms with Gasteiger partial charge >= 0.3 is 6.09 Å². The summed E-state index contributed by atoms with van der Waals surface area (Å²) in [6, 6.07) is 34.7. The minimum atomic E-state index is -0.635. The maximum Gasteiger partial charge on any atom is 0.419 e. The van der Waals surface area contributed by atoms with Gasteiger partial charge < -0.3 is 4.74 Å². The van der Waals surface area contributed by atoms with Crippen molar-refractivity contribution in [1.29, 1.82) is 0 Å². The number of carbonyl (C=O) groups is 1. The number of ether oxygens (including phenoxy) is 1. The Labute approximate surface area is 293 Å². The quantitative estimate of drug-likeness (QED) is 0.169. The maximum atomic E-state index is 13.8. The number of aromatic nitrogens is 3. The molecule has 0 spiro atoms. The molecule has 0 bridgehead atoms. The normalized spacial score (nSPS) is 12.4. The van der Waals surface area contributed by atoms with Crippen molar-refractivity contribution in [1.82, 2.24) is 13.3 Å². The first-order valence-corrected chi connectivity index (χ1v) is 18.0. The average molecular weight is 705 g/mol. The van der Waals surface area contributed by atoms with Gasteiger partial charge in [-0.1, -0.05) is 72.8 Å². The standard InChI is InChI=1S/C39H20N4O4S3/c44-35-26-17-22-11-5-4-10-21(22)16-25(26)32(36(35)45)40-27-15-14-23(31-33(27)42-50-41-31)30-18-28-37(49-30)38-34(24-12-6-7-13-29(24)48-38)43(28)39(46)47-19-20-8-2-1-3-9-20/h1-18H,19H2/b40-32-. The first-order valence-electron chi connectivity index (χ1n) is 15.7. The second-order valence-corrected chi connectivity index (χ2v) is 14.6. The maximum absolute atomic E-state index is 13.8. The molecule has 238 valence electrons. The smallest absolute Gasteiger partial charge is 0.419 e. The highest BCUT2D eigenvalue weighted by Gasteiger charge is 2.25. The summed E-state index contributed by atoms with van der Waals surface area (Å²) in [5, 5.41) is 3.79. The van der Waals surface area contributed by atoms with Gasteiger partial charge in [0.25, 0.3) is 5.43 Å². The molecule has 0 aliphatic carbocycles. The third-order valence-corrected chi connectivity index (χ3v) is 12.0. The van der Waals surface area contributed by atoms with Crippen LogP contribution in [0.5, 0.6) is 0 Å². The third kappa shape index (κ3) is 4.34. The van der Waals surface area contributed by atoms with Crippen LogP contribution in [0.25, 0.3) is 73.5 Å². The highest BCUT2D eigenvalue weighted by atomic mass is 32.1. The number of benzene rings is 5. The van der Waals surface area contributed by atoms with Gasteiger partial charge in [-0.3, -0.25) is 9.59 Å². The van der Waals surface area contributed by atoms with Crippen LogP contribution >= 0.6 is 34.4 Å². The average Bonchev–Trinajstić information content (AvgIpc) is 3.97. The van der Waals surface area contributed by atoms with E-state index in [0.717, 1.165) is 69.0 Å². The lowest BCUT2D eigenvalue weighted by Crippen LogP contribution is -2.30. The fourth-order valence-corrected chi connectivity index (χ4v) is 9.76. The van der Waals surface area contributed by atoms with Gasteiger partial charge in [-0.05, 0) is 52.7 Å². The minimum absolute atomic E-state index is 0.106. The van der Waals surface area contributed by atoms with Crippen LogP contribution in [0.4, 0.5) is 10.5 Å². The van der Waals surface area contributed by atoms with Gasteiger partial charge in [-0.25, -0.2) is 14.4 Å². The molecule has 0 unspecified atom stereocenters. The van der Waals surface area contributed by atoms with Crippen LogP contribution in [0, 0.1) is 0 Å². The van der Waals surface area contributed by atoms with Crippen LogP contribution in [0.3, 0.4) is 0 Å². The molecule has 4 heterocycles. The van der Waals surface area contributed by atoms with Crippen LogP contribution in [0.15, 0.2) is 124 Å². The van der Waals surface area contributed by atoms with E-state index in [1.165, 1.54) is 0 Å². The Morgan fingerprint density at radius 1 is 0.720 bits per heavy atom. The van der Waals surface area contributed by atoms with Crippen molar-refractivity contribution in [3.63, 3.8) is 0 Å². The molecule has 0 N–H and O–H groups in total. The van der Waals surface area contributed by atoms with Crippen molar-refractivity contribution in [3.8, 4) is 10.4 Å². The molecular formula is C39H20N4O4S3. The molecule has 50 heavy (non-hydrogen) atoms. The number of rotatable bonds is 4. The van der Waals surface area contributed by atoms with E-state index < -0.39 is 17.0 Å². The molecule has 0 saturated heterocycles. The summed E-state index contributed by atoms with van der Waals surface area (Å²) in [6.45, 7) is 0.157. The Bertz CT molecular complexity index is 3180. The predicted octanol–water partition coefficient (Wildman–Crippen LogP) is 9.06. The lowest BCUT2D eigenvalue weighted by atomic mass is 10.1. The highest BCUT2D eigenvalue weighted by Crippen LogP contribution is 2.47. The number of nitrogens with zero attached hydrogens (tertiary/aromatic N) is 4. The molecular weight excluding hydrogens is 685 g/mol. The molecule has 0 aliphatic rings. The lowest BCUT2D eigenvalue weighted by molar-refractivity contribution is 0.143. The third-order valence-electron chi connectivity index (χ3n) is 9.04. The summed E-state index contributed by atoms with van der Waals surface area (Å²) in [7, 11) is 0. The van der Waals surface area contributed by atoms with E-state index in [9.17, 15) is 14.4 Å². The Morgan fingerprint density at radius 2 is 1.46 bits per heavy atom. The van der Waals surface area contributed by atoms with Gasteiger partial charge in [0.05, 0.1) is 37.8 Å². The van der Waals surface area contributed by atoms with Crippen LogP contribution in [-0.2, 0) is 11.3 Å². The van der Waals surface area contributed by atoms with Gasteiger partial charge in [-0.15, -0.1) is 22.7 Å². The van der Waals surface area contributed by atoms with Crippen molar-refractivity contribution in [2.75, 3.05) is 0 Å². The molecule has 4 aromatic heterocycles. The Kier molecular flexibility index (Phi) is 6.44. The predicted molar refractivity (Wildman–Crippen MR) is 203 cm³/mol. The monoisotopic (exact) mass is 704 g/mol. The van der Waals surface area contributed by atoms with E-state index in [2.05, 4.69) is 14.8 Å². The number of hydrogen-bond acceptors (Lipinski definition) is 10. The van der Waals surface area contributed by atoms with Crippen LogP contribution in [-0.4, -0.2) is 19.4 Å². The molecule has 0 amide bonds. The van der Waals surface area contributed by atoms with Crippen LogP contribution in [0.2, 0.25) is 0 Å². The topological polar surface area (TPSA) is 104 Å². The number of hydrogen-bond donors (Lipinski definition) is 0. The molecule has 6 aromatic carbocycles. The largest absolute Gasteiger partial charge is 0.444 e. The van der Waals surface area contributed by atoms with Crippen molar-refractivity contribution in [2.24, 2.45) is 4.99 Å². The molecule has 8 nitrogen and oxygen atoms in total. The van der Waals surface area contributed by atoms with Gasteiger partial charge in [0.1, 0.15) is 23.0 Å². The van der Waals surface area contributed by atoms with Gasteiger partial charge in [0.15, 0.2) is 0 Å². The molecule has 10 aromatic rings. The molecule has 0 saturated carbocycles. The lowest BCUT2D eigenvalue weighted by Gasteiger charge is -2.08. The van der Waals surface area contributed by atoms with Crippen molar-refractivity contribution < 1.29 is 9.53 Å². The summed E-state index contributed by atoms with van der Waals surface area (Å²) in [5.74, 6) is 0. The first kappa shape index (κ1) is 29.1. The Morgan fingerprint density at radius 3 is 2.30 bits per heavy atom. The summed E-state index contributed by atoms with van der Waals surface area (Å²) < 4.78 is 19.8. The number of carbonyl (C=O) groups excluding carboxylic acids is 1. The summed E-state index contributed by atoms with van der Waals surface area (Å²) in [5.41, 5.74) is 3.75. The van der Waals surface area contributed by atoms with E-state index in [1.807, 2.05) is 97.1 Å². The Hall–Kier alpha value is -5.88. The summed E-state index contributed by atoms with van der Waals surface area (Å²) in [4.78, 5) is 45.7. The molecule has 0 fully saturated rings. The zero-order chi connectivity index (χ0) is 33.5. The van der Waals surface area contributed by atoms with E-state index >= 15 is 0 Å². The zero-order valence-electron chi connectivity index (χ0n) is 25.7. The fraction of sp³-hybridized carbons (Fsp3) is 0.0256. The second kappa shape index (κ2) is 11.1. The SMILES string of the molecule is O=C(OCc1ccccc1)n1c2cc(-c3ccc(/N=c4\c(=O)c(=O)c5cc6ccccc6cc45)c4nsnc34)sc2c2sc3ccccc3c21. The van der Waals surface area contributed by atoms with Crippen LogP contribution < -0.4 is 16.2 Å². The first-order chi connectivity index (χ1) is 24.5. The second-order valence-electron chi connectivity index (χ2n) is 11.9. The zero-order valence-corrected chi connectivity index (χ0v) is 28.2. The highest BCUT2D eigenvalue weighted by molar-refractivity contribution is 7.32. The number of thiophene rings is 2. The molecule has 0 aliphatic heterocycles. The fourth-order valence-electron chi connectivity index (χ4n) is 6.69. The van der Waals surface area contributed by atoms with Gasteiger partial charge in [0.2, 0.25) is 5.43 Å². The summed E-state index contributed by atoms with van der Waals surface area (Å²) >= 11 is 4.29. The van der Waals surface area contributed by atoms with Crippen molar-refractivity contribution >= 4 is 109 Å². The van der Waals surface area contributed by atoms with E-state index in [4.69, 9.17) is 9.73 Å². The van der Waals surface area contributed by atoms with Crippen LogP contribution in [0.1, 0.15) is 5.56 Å². The van der Waals surface area contributed by atoms with Gasteiger partial charge in [-0.2, -0.15) is 8.75 Å². The van der Waals surface area contributed by atoms with Crippen molar-refractivity contribution in [2.45, 2.75) is 6.61 Å². The van der Waals surface area contributed by atoms with E-state index in [0.29, 0.717) is 27.5 Å². The number of fused-ring (bicyclic) bond motifs is 8. The molecule has 0 atom stereocenters. The molecule has 10 rings (SSSR count). The minimum Gasteiger partial charge on any atom is -0.444 e. The molecule has 0 radical (unpaired) electrons. The Balaban J connectivity index is 1.13.